The van der Waals surface area contributed by atoms with Crippen LogP contribution in [0.25, 0.3) is 0 Å². The average Bonchev–Trinajstić information content (AvgIpc) is 2.49. The highest BCUT2D eigenvalue weighted by atomic mass is 32.2. The first-order valence-electron chi connectivity index (χ1n) is 8.00. The summed E-state index contributed by atoms with van der Waals surface area (Å²) in [6.07, 6.45) is 2.62. The summed E-state index contributed by atoms with van der Waals surface area (Å²) in [6.45, 7) is 6.42. The molecular formula is C17H29N3S. The van der Waals surface area contributed by atoms with Crippen LogP contribution in [0.1, 0.15) is 25.3 Å². The van der Waals surface area contributed by atoms with Gasteiger partial charge in [-0.2, -0.15) is 0 Å². The molecule has 0 aliphatic carbocycles. The highest BCUT2D eigenvalue weighted by Crippen LogP contribution is 2.31. The van der Waals surface area contributed by atoms with Gasteiger partial charge < -0.3 is 15.5 Å². The minimum absolute atomic E-state index is 0.621. The van der Waals surface area contributed by atoms with Gasteiger partial charge in [0.1, 0.15) is 0 Å². The molecule has 1 aliphatic rings. The highest BCUT2D eigenvalue weighted by Gasteiger charge is 2.19. The standard InChI is InChI=1S/C17H29N3S/c1-4-21-17-7-5-6-16(15(17)12-18)20(3)13-14-8-10-19(2)11-9-14/h5-7,14H,4,8-13,18H2,1-3H3. The second-order valence-electron chi connectivity index (χ2n) is 6.02. The van der Waals surface area contributed by atoms with Gasteiger partial charge in [-0.1, -0.05) is 13.0 Å². The molecule has 0 saturated carbocycles. The number of piperidine rings is 1. The maximum Gasteiger partial charge on any atom is 0.0420 e. The van der Waals surface area contributed by atoms with E-state index in [4.69, 9.17) is 5.73 Å². The molecule has 0 amide bonds. The second kappa shape index (κ2) is 8.06. The van der Waals surface area contributed by atoms with Crippen molar-refractivity contribution in [2.45, 2.75) is 31.2 Å². The van der Waals surface area contributed by atoms with Crippen LogP contribution < -0.4 is 10.6 Å². The largest absolute Gasteiger partial charge is 0.374 e. The zero-order valence-electron chi connectivity index (χ0n) is 13.6. The summed E-state index contributed by atoms with van der Waals surface area (Å²) in [5.41, 5.74) is 8.64. The van der Waals surface area contributed by atoms with Gasteiger partial charge in [-0.15, -0.1) is 11.8 Å². The van der Waals surface area contributed by atoms with Crippen molar-refractivity contribution >= 4 is 17.4 Å². The van der Waals surface area contributed by atoms with E-state index in [0.717, 1.165) is 18.2 Å². The summed E-state index contributed by atoms with van der Waals surface area (Å²) < 4.78 is 0. The van der Waals surface area contributed by atoms with E-state index in [9.17, 15) is 0 Å². The van der Waals surface area contributed by atoms with Crippen molar-refractivity contribution < 1.29 is 0 Å². The van der Waals surface area contributed by atoms with Crippen LogP contribution in [0.3, 0.4) is 0 Å². The smallest absolute Gasteiger partial charge is 0.0420 e. The quantitative estimate of drug-likeness (QED) is 0.819. The highest BCUT2D eigenvalue weighted by molar-refractivity contribution is 7.99. The molecule has 1 aromatic rings. The summed E-state index contributed by atoms with van der Waals surface area (Å²) >= 11 is 1.89. The van der Waals surface area contributed by atoms with Crippen LogP contribution in [-0.2, 0) is 6.54 Å². The summed E-state index contributed by atoms with van der Waals surface area (Å²) in [6, 6.07) is 6.58. The Labute approximate surface area is 133 Å². The van der Waals surface area contributed by atoms with Crippen LogP contribution in [-0.4, -0.2) is 44.4 Å². The van der Waals surface area contributed by atoms with Gasteiger partial charge in [-0.3, -0.25) is 0 Å². The fourth-order valence-corrected chi connectivity index (χ4v) is 3.99. The maximum absolute atomic E-state index is 6.02. The van der Waals surface area contributed by atoms with Crippen LogP contribution >= 0.6 is 11.8 Å². The zero-order chi connectivity index (χ0) is 15.2. The molecule has 2 rings (SSSR count). The molecule has 0 atom stereocenters. The summed E-state index contributed by atoms with van der Waals surface area (Å²) in [5.74, 6) is 1.90. The normalized spacial score (nSPS) is 17.1. The zero-order valence-corrected chi connectivity index (χ0v) is 14.5. The Balaban J connectivity index is 2.07. The average molecular weight is 308 g/mol. The Bertz CT molecular complexity index is 442. The third-order valence-electron chi connectivity index (χ3n) is 4.39. The van der Waals surface area contributed by atoms with Crippen LogP contribution in [0, 0.1) is 5.92 Å². The molecule has 0 spiro atoms. The van der Waals surface area contributed by atoms with E-state index in [2.05, 4.69) is 49.0 Å². The lowest BCUT2D eigenvalue weighted by atomic mass is 9.96. The van der Waals surface area contributed by atoms with Crippen molar-refractivity contribution in [3.63, 3.8) is 0 Å². The van der Waals surface area contributed by atoms with E-state index in [0.29, 0.717) is 6.54 Å². The minimum Gasteiger partial charge on any atom is -0.374 e. The number of hydrogen-bond acceptors (Lipinski definition) is 4. The lowest BCUT2D eigenvalue weighted by Crippen LogP contribution is -2.36. The van der Waals surface area contributed by atoms with E-state index < -0.39 is 0 Å². The fraction of sp³-hybridized carbons (Fsp3) is 0.647. The number of benzene rings is 1. The number of nitrogens with zero attached hydrogens (tertiary/aromatic N) is 2. The van der Waals surface area contributed by atoms with Crippen LogP contribution in [0.5, 0.6) is 0 Å². The summed E-state index contributed by atoms with van der Waals surface area (Å²) in [4.78, 5) is 6.19. The van der Waals surface area contributed by atoms with Gasteiger partial charge >= 0.3 is 0 Å². The lowest BCUT2D eigenvalue weighted by molar-refractivity contribution is 0.222. The summed E-state index contributed by atoms with van der Waals surface area (Å²) in [7, 11) is 4.44. The molecule has 0 aromatic heterocycles. The number of likely N-dealkylation sites (tertiary alicyclic amines) is 1. The van der Waals surface area contributed by atoms with E-state index >= 15 is 0 Å². The first-order chi connectivity index (χ1) is 10.2. The molecular weight excluding hydrogens is 278 g/mol. The second-order valence-corrected chi connectivity index (χ2v) is 7.32. The van der Waals surface area contributed by atoms with Crippen molar-refractivity contribution in [2.75, 3.05) is 44.4 Å². The van der Waals surface area contributed by atoms with E-state index in [1.165, 1.54) is 42.1 Å². The predicted octanol–water partition coefficient (Wildman–Crippen LogP) is 3.04. The lowest BCUT2D eigenvalue weighted by Gasteiger charge is -2.33. The molecule has 118 valence electrons. The first-order valence-corrected chi connectivity index (χ1v) is 8.98. The molecule has 2 N–H and O–H groups in total. The van der Waals surface area contributed by atoms with Gasteiger partial charge in [-0.05, 0) is 56.8 Å². The Morgan fingerprint density at radius 1 is 1.33 bits per heavy atom. The first kappa shape index (κ1) is 16.7. The maximum atomic E-state index is 6.02. The van der Waals surface area contributed by atoms with Crippen LogP contribution in [0.4, 0.5) is 5.69 Å². The Morgan fingerprint density at radius 2 is 2.05 bits per heavy atom. The number of anilines is 1. The molecule has 0 unspecified atom stereocenters. The molecule has 1 heterocycles. The molecule has 1 aliphatic heterocycles. The van der Waals surface area contributed by atoms with Crippen molar-refractivity contribution in [3.05, 3.63) is 23.8 Å². The van der Waals surface area contributed by atoms with Gasteiger partial charge in [0.25, 0.3) is 0 Å². The van der Waals surface area contributed by atoms with Crippen molar-refractivity contribution in [3.8, 4) is 0 Å². The van der Waals surface area contributed by atoms with E-state index in [1.54, 1.807) is 0 Å². The Morgan fingerprint density at radius 3 is 2.67 bits per heavy atom. The molecule has 0 bridgehead atoms. The summed E-state index contributed by atoms with van der Waals surface area (Å²) in [5, 5.41) is 0. The third kappa shape index (κ3) is 4.38. The minimum atomic E-state index is 0.621. The molecule has 21 heavy (non-hydrogen) atoms. The molecule has 1 saturated heterocycles. The van der Waals surface area contributed by atoms with E-state index in [-0.39, 0.29) is 0 Å². The van der Waals surface area contributed by atoms with Crippen LogP contribution in [0.15, 0.2) is 23.1 Å². The van der Waals surface area contributed by atoms with Gasteiger partial charge in [0.2, 0.25) is 0 Å². The van der Waals surface area contributed by atoms with Crippen molar-refractivity contribution in [2.24, 2.45) is 11.7 Å². The van der Waals surface area contributed by atoms with Gasteiger partial charge in [0.05, 0.1) is 0 Å². The Hall–Kier alpha value is -0.710. The van der Waals surface area contributed by atoms with Gasteiger partial charge in [-0.25, -0.2) is 0 Å². The van der Waals surface area contributed by atoms with Crippen molar-refractivity contribution in [1.82, 2.24) is 4.90 Å². The predicted molar refractivity (Wildman–Crippen MR) is 94.2 cm³/mol. The van der Waals surface area contributed by atoms with Crippen LogP contribution in [0.2, 0.25) is 0 Å². The number of nitrogens with two attached hydrogens (primary N) is 1. The monoisotopic (exact) mass is 307 g/mol. The molecule has 4 heteroatoms. The SMILES string of the molecule is CCSc1cccc(N(C)CC2CCN(C)CC2)c1CN. The van der Waals surface area contributed by atoms with Crippen molar-refractivity contribution in [1.29, 1.82) is 0 Å². The number of thioether (sulfide) groups is 1. The topological polar surface area (TPSA) is 32.5 Å². The molecule has 3 nitrogen and oxygen atoms in total. The fourth-order valence-electron chi connectivity index (χ4n) is 3.14. The number of hydrogen-bond donors (Lipinski definition) is 1. The third-order valence-corrected chi connectivity index (χ3v) is 5.38. The number of rotatable bonds is 6. The van der Waals surface area contributed by atoms with Gasteiger partial charge in [0, 0.05) is 36.3 Å². The molecule has 1 aromatic carbocycles. The van der Waals surface area contributed by atoms with E-state index in [1.807, 2.05) is 11.8 Å². The van der Waals surface area contributed by atoms with Gasteiger partial charge in [0.15, 0.2) is 0 Å². The molecule has 0 radical (unpaired) electrons. The Kier molecular flexibility index (Phi) is 6.40. The molecule has 1 fully saturated rings.